The maximum Gasteiger partial charge on any atom is 0.406 e. The van der Waals surface area contributed by atoms with Gasteiger partial charge >= 0.3 is 6.18 Å². The van der Waals surface area contributed by atoms with Crippen LogP contribution in [0.4, 0.5) is 34.6 Å². The van der Waals surface area contributed by atoms with Crippen LogP contribution in [0, 0.1) is 17.8 Å². The molecule has 1 saturated heterocycles. The number of aliphatic hydroxyl groups is 1. The number of likely N-dealkylation sites (tertiary alicyclic amines) is 1. The average molecular weight is 1060 g/mol. The molecule has 3 amide bonds. The molecule has 0 radical (unpaired) electrons. The molecule has 0 aliphatic carbocycles. The van der Waals surface area contributed by atoms with Crippen molar-refractivity contribution in [3.63, 3.8) is 0 Å². The Morgan fingerprint density at radius 1 is 0.974 bits per heavy atom. The summed E-state index contributed by atoms with van der Waals surface area (Å²) in [5, 5.41) is 22.5. The van der Waals surface area contributed by atoms with Crippen molar-refractivity contribution in [3.8, 4) is 23.3 Å². The van der Waals surface area contributed by atoms with Gasteiger partial charge in [-0.25, -0.2) is 4.39 Å². The van der Waals surface area contributed by atoms with Gasteiger partial charge in [-0.2, -0.15) is 13.2 Å². The Morgan fingerprint density at radius 2 is 1.75 bits per heavy atom. The van der Waals surface area contributed by atoms with Crippen molar-refractivity contribution in [1.82, 2.24) is 20.1 Å². The largest absolute Gasteiger partial charge is 0.495 e. The number of halogens is 4. The van der Waals surface area contributed by atoms with E-state index < -0.39 is 43.0 Å². The molecule has 20 heteroatoms. The minimum Gasteiger partial charge on any atom is -0.495 e. The molecule has 5 aromatic rings. The highest BCUT2D eigenvalue weighted by Crippen LogP contribution is 2.34. The van der Waals surface area contributed by atoms with E-state index in [1.54, 1.807) is 42.5 Å². The molecule has 2 aliphatic rings. The van der Waals surface area contributed by atoms with E-state index in [1.165, 1.54) is 7.11 Å². The van der Waals surface area contributed by atoms with Gasteiger partial charge in [-0.3, -0.25) is 14.4 Å². The number of hydrogen-bond donors (Lipinski definition) is 6. The lowest BCUT2D eigenvalue weighted by atomic mass is 9.95. The van der Waals surface area contributed by atoms with Crippen molar-refractivity contribution < 1.29 is 56.0 Å². The lowest BCUT2D eigenvalue weighted by molar-refractivity contribution is -0.140. The van der Waals surface area contributed by atoms with Gasteiger partial charge in [0.25, 0.3) is 5.91 Å². The number of piperidine rings is 1. The highest BCUT2D eigenvalue weighted by atomic mass is 19.4. The van der Waals surface area contributed by atoms with Gasteiger partial charge in [0.05, 0.1) is 69.1 Å². The van der Waals surface area contributed by atoms with E-state index in [0.29, 0.717) is 58.7 Å². The normalized spacial score (nSPS) is 18.4. The highest BCUT2D eigenvalue weighted by Gasteiger charge is 2.34. The third-order valence-electron chi connectivity index (χ3n) is 13.4. The number of benzene rings is 4. The van der Waals surface area contributed by atoms with Crippen LogP contribution in [-0.2, 0) is 45.1 Å². The zero-order valence-corrected chi connectivity index (χ0v) is 43.5. The molecule has 1 unspecified atom stereocenters. The molecule has 1 aromatic heterocycles. The Kier molecular flexibility index (Phi) is 19.5. The number of hydrogen-bond acceptors (Lipinski definition) is 12. The number of carbonyl (C=O) groups excluding carboxylic acids is 3. The second-order valence-electron chi connectivity index (χ2n) is 19.5. The number of aliphatic hydroxyl groups excluding tert-OH is 1. The van der Waals surface area contributed by atoms with Gasteiger partial charge in [0, 0.05) is 61.5 Å². The molecule has 16 nitrogen and oxygen atoms in total. The highest BCUT2D eigenvalue weighted by molar-refractivity contribution is 5.96. The number of likely N-dealkylation sites (N-methyl/N-ethyl adjacent to an activating group) is 1. The smallest absolute Gasteiger partial charge is 0.406 e. The number of rotatable bonds is 22. The molecule has 76 heavy (non-hydrogen) atoms. The molecule has 5 atom stereocenters. The Labute approximate surface area is 440 Å². The van der Waals surface area contributed by atoms with E-state index in [1.807, 2.05) is 80.2 Å². The number of primary amides is 1. The number of fused-ring (bicyclic) bond motifs is 2. The number of nitrogens with one attached hydrogen (secondary N) is 4. The summed E-state index contributed by atoms with van der Waals surface area (Å²) in [6.07, 6.45) is -5.27. The predicted molar refractivity (Wildman–Crippen MR) is 284 cm³/mol. The van der Waals surface area contributed by atoms with Crippen molar-refractivity contribution in [3.05, 3.63) is 113 Å². The van der Waals surface area contributed by atoms with Crippen LogP contribution in [0.25, 0.3) is 10.9 Å². The molecule has 0 bridgehead atoms. The Morgan fingerprint density at radius 3 is 2.46 bits per heavy atom. The summed E-state index contributed by atoms with van der Waals surface area (Å²) in [4.78, 5) is 42.2. The van der Waals surface area contributed by atoms with E-state index in [0.717, 1.165) is 26.9 Å². The average Bonchev–Trinajstić information content (AvgIpc) is 3.73. The van der Waals surface area contributed by atoms with Crippen molar-refractivity contribution in [2.75, 3.05) is 89.3 Å². The van der Waals surface area contributed by atoms with E-state index in [4.69, 9.17) is 24.7 Å². The van der Waals surface area contributed by atoms with Crippen LogP contribution in [0.15, 0.2) is 84.9 Å². The second kappa shape index (κ2) is 26.1. The minimum atomic E-state index is -4.51. The van der Waals surface area contributed by atoms with Gasteiger partial charge in [-0.05, 0) is 90.9 Å². The topological polar surface area (TPSA) is 194 Å². The Balaban J connectivity index is 0.838. The molecule has 0 saturated carbocycles. The summed E-state index contributed by atoms with van der Waals surface area (Å²) < 4.78 is 80.5. The number of aromatic nitrogens is 1. The van der Waals surface area contributed by atoms with Gasteiger partial charge in [0.15, 0.2) is 0 Å². The van der Waals surface area contributed by atoms with Crippen LogP contribution in [0.5, 0.6) is 11.5 Å². The fraction of sp³-hybridized carbons (Fsp3) is 0.446. The second-order valence-corrected chi connectivity index (χ2v) is 19.5. The van der Waals surface area contributed by atoms with Crippen LogP contribution in [-0.4, -0.2) is 143 Å². The Hall–Kier alpha value is -7.05. The number of nitrogens with zero attached hydrogens (tertiary/aromatic N) is 3. The van der Waals surface area contributed by atoms with Gasteiger partial charge < -0.3 is 65.4 Å². The maximum absolute atomic E-state index is 14.9. The van der Waals surface area contributed by atoms with Gasteiger partial charge in [0.2, 0.25) is 11.8 Å². The molecule has 4 aromatic carbocycles. The summed E-state index contributed by atoms with van der Waals surface area (Å²) in [5.41, 5.74) is 11.1. The van der Waals surface area contributed by atoms with E-state index in [2.05, 4.69) is 33.1 Å². The molecular formula is C56H68F4N8O8. The third kappa shape index (κ3) is 15.1. The van der Waals surface area contributed by atoms with Crippen molar-refractivity contribution in [2.45, 2.75) is 82.8 Å². The third-order valence-corrected chi connectivity index (χ3v) is 13.4. The molecule has 2 aliphatic heterocycles. The molecule has 3 heterocycles. The summed E-state index contributed by atoms with van der Waals surface area (Å²) in [5.74, 6) is 5.66. The first-order chi connectivity index (χ1) is 36.4. The van der Waals surface area contributed by atoms with Crippen LogP contribution < -0.4 is 41.4 Å². The lowest BCUT2D eigenvalue weighted by Gasteiger charge is -2.37. The molecular weight excluding hydrogens is 989 g/mol. The number of methoxy groups -OCH3 is 1. The molecule has 7 rings (SSSR count). The van der Waals surface area contributed by atoms with Gasteiger partial charge in [-0.15, -0.1) is 0 Å². The van der Waals surface area contributed by atoms with Crippen LogP contribution in [0.2, 0.25) is 0 Å². The quantitative estimate of drug-likeness (QED) is 0.0267. The fourth-order valence-electron chi connectivity index (χ4n) is 9.54. The number of nitrogens with two attached hydrogens (primary N) is 1. The number of alkyl halides is 4. The first kappa shape index (κ1) is 56.7. The van der Waals surface area contributed by atoms with Gasteiger partial charge in [-0.1, -0.05) is 56.2 Å². The fourth-order valence-corrected chi connectivity index (χ4v) is 9.54. The number of ether oxygens (including phenoxy) is 4. The first-order valence-corrected chi connectivity index (χ1v) is 25.3. The minimum absolute atomic E-state index is 0.0273. The molecule has 1 fully saturated rings. The predicted octanol–water partition coefficient (Wildman–Crippen LogP) is 6.06. The van der Waals surface area contributed by atoms with Crippen molar-refractivity contribution in [1.29, 1.82) is 0 Å². The lowest BCUT2D eigenvalue weighted by Crippen LogP contribution is -2.54. The van der Waals surface area contributed by atoms with E-state index in [-0.39, 0.29) is 88.6 Å². The van der Waals surface area contributed by atoms with E-state index in [9.17, 15) is 37.1 Å². The SMILES string of the molecule is COc1cc(C(=O)NCCOCCOC(Cc2ccc(COc3ccc4c(c3)N(C)[C@@H](C(C)C)C(=O)N[C@H](CO)C4)cc2)C(N)=O)ccc1NCC#Cc1cc2c(N[C@@H]3CCN(C)C[C@@H]3F)cccc2n1CC(F)(F)F. The maximum atomic E-state index is 14.9. The summed E-state index contributed by atoms with van der Waals surface area (Å²) in [6.45, 7) is 4.41. The monoisotopic (exact) mass is 1060 g/mol. The van der Waals surface area contributed by atoms with Crippen molar-refractivity contribution in [2.24, 2.45) is 11.7 Å². The first-order valence-electron chi connectivity index (χ1n) is 25.3. The summed E-state index contributed by atoms with van der Waals surface area (Å²) in [7, 11) is 5.18. The molecule has 408 valence electrons. The molecule has 7 N–H and O–H groups in total. The zero-order valence-electron chi connectivity index (χ0n) is 43.5. The van der Waals surface area contributed by atoms with Gasteiger partial charge in [0.1, 0.15) is 43.0 Å². The van der Waals surface area contributed by atoms with Crippen LogP contribution >= 0.6 is 0 Å². The zero-order chi connectivity index (χ0) is 54.5. The standard InChI is InChI=1S/C56H68F4N8O8/c1-35(2)52-55(72)64-40(32-69)27-38-15-17-42(30-49(38)67(52)4)76-33-37-13-11-36(12-14-37)26-51(53(61)70)75-25-24-74-23-21-63-54(71)39-16-18-47(50(28-39)73-5)62-20-7-8-41-29-43-45(65-46-19-22-66(3)31-44(46)57)9-6-10-48(43)68(41)34-56(58,59)60/h6,9-18,28-30,35,40,44,46,51-52,62,65,69H,19-27,31-34H2,1-5H3,(H2,61,70)(H,63,71)(H,64,72)/t40-,44-,46+,51?,52-/m0/s1. The van der Waals surface area contributed by atoms with E-state index >= 15 is 0 Å². The van der Waals surface area contributed by atoms with Crippen molar-refractivity contribution >= 4 is 45.7 Å². The number of carbonyl (C=O) groups is 3. The summed E-state index contributed by atoms with van der Waals surface area (Å²) in [6, 6.07) is 23.4. The van der Waals surface area contributed by atoms with Crippen LogP contribution in [0.3, 0.4) is 0 Å². The Bertz CT molecular complexity index is 2850. The molecule has 0 spiro atoms. The number of amides is 3. The van der Waals surface area contributed by atoms with Crippen LogP contribution in [0.1, 0.15) is 53.0 Å². The number of anilines is 3. The summed E-state index contributed by atoms with van der Waals surface area (Å²) >= 11 is 0.